The molecular weight excluding hydrogens is 200 g/mol. The van der Waals surface area contributed by atoms with Crippen molar-refractivity contribution in [1.82, 2.24) is 15.0 Å². The molecule has 0 aliphatic carbocycles. The lowest BCUT2D eigenvalue weighted by atomic mass is 10.1. The second kappa shape index (κ2) is 4.26. The van der Waals surface area contributed by atoms with Gasteiger partial charge >= 0.3 is 0 Å². The maximum absolute atomic E-state index is 4.58. The molecule has 0 saturated carbocycles. The molecule has 16 heavy (non-hydrogen) atoms. The Bertz CT molecular complexity index is 492. The molecule has 4 nitrogen and oxygen atoms in total. The average Bonchev–Trinajstić information content (AvgIpc) is 2.76. The number of nitrogens with zero attached hydrogens (tertiary/aromatic N) is 4. The van der Waals surface area contributed by atoms with E-state index in [9.17, 15) is 0 Å². The minimum atomic E-state index is 0.815. The quantitative estimate of drug-likeness (QED) is 0.540. The van der Waals surface area contributed by atoms with Crippen LogP contribution < -0.4 is 0 Å². The van der Waals surface area contributed by atoms with Crippen molar-refractivity contribution in [3.63, 3.8) is 0 Å². The predicted molar refractivity (Wildman–Crippen MR) is 64.1 cm³/mol. The SMILES string of the molecule is CC(=Nc1c(C)cccc1C)n1ccnn1. The van der Waals surface area contributed by atoms with Crippen LogP contribution in [0.1, 0.15) is 18.1 Å². The molecule has 82 valence electrons. The molecule has 0 saturated heterocycles. The summed E-state index contributed by atoms with van der Waals surface area (Å²) in [7, 11) is 0. The van der Waals surface area contributed by atoms with E-state index in [0.29, 0.717) is 0 Å². The van der Waals surface area contributed by atoms with Gasteiger partial charge in [0, 0.05) is 0 Å². The number of para-hydroxylation sites is 1. The highest BCUT2D eigenvalue weighted by molar-refractivity contribution is 5.84. The van der Waals surface area contributed by atoms with Crippen molar-refractivity contribution in [3.8, 4) is 0 Å². The summed E-state index contributed by atoms with van der Waals surface area (Å²) in [6.07, 6.45) is 3.43. The van der Waals surface area contributed by atoms with E-state index in [0.717, 1.165) is 11.5 Å². The van der Waals surface area contributed by atoms with Gasteiger partial charge < -0.3 is 0 Å². The van der Waals surface area contributed by atoms with E-state index >= 15 is 0 Å². The molecule has 2 aromatic rings. The number of aliphatic imine (C=N–C) groups is 1. The highest BCUT2D eigenvalue weighted by Gasteiger charge is 2.02. The molecule has 0 spiro atoms. The lowest BCUT2D eigenvalue weighted by Crippen LogP contribution is -2.07. The van der Waals surface area contributed by atoms with Gasteiger partial charge in [0.05, 0.1) is 18.1 Å². The molecule has 0 bridgehead atoms. The van der Waals surface area contributed by atoms with Crippen molar-refractivity contribution in [1.29, 1.82) is 0 Å². The second-order valence-electron chi connectivity index (χ2n) is 3.75. The molecule has 1 aromatic carbocycles. The first kappa shape index (κ1) is 10.5. The molecule has 2 rings (SSSR count). The highest BCUT2D eigenvalue weighted by atomic mass is 15.4. The van der Waals surface area contributed by atoms with Gasteiger partial charge in [0.15, 0.2) is 0 Å². The summed E-state index contributed by atoms with van der Waals surface area (Å²) in [4.78, 5) is 4.58. The first-order valence-corrected chi connectivity index (χ1v) is 5.16. The topological polar surface area (TPSA) is 43.1 Å². The molecule has 0 unspecified atom stereocenters. The third-order valence-electron chi connectivity index (χ3n) is 2.47. The van der Waals surface area contributed by atoms with Crippen molar-refractivity contribution in [2.45, 2.75) is 20.8 Å². The number of benzene rings is 1. The lowest BCUT2D eigenvalue weighted by molar-refractivity contribution is 0.837. The van der Waals surface area contributed by atoms with Gasteiger partial charge in [-0.3, -0.25) is 0 Å². The molecule has 1 heterocycles. The molecule has 0 atom stereocenters. The zero-order valence-corrected chi connectivity index (χ0v) is 9.68. The molecule has 0 amide bonds. The van der Waals surface area contributed by atoms with Gasteiger partial charge in [-0.2, -0.15) is 0 Å². The number of rotatable bonds is 1. The van der Waals surface area contributed by atoms with Crippen LogP contribution in [0.25, 0.3) is 0 Å². The molecule has 0 fully saturated rings. The van der Waals surface area contributed by atoms with Gasteiger partial charge in [0.1, 0.15) is 5.84 Å². The average molecular weight is 214 g/mol. The summed E-state index contributed by atoms with van der Waals surface area (Å²) in [5.41, 5.74) is 3.34. The van der Waals surface area contributed by atoms with Gasteiger partial charge in [-0.15, -0.1) is 5.10 Å². The van der Waals surface area contributed by atoms with Gasteiger partial charge in [0.25, 0.3) is 0 Å². The monoisotopic (exact) mass is 214 g/mol. The maximum atomic E-state index is 4.58. The Morgan fingerprint density at radius 1 is 1.25 bits per heavy atom. The third-order valence-corrected chi connectivity index (χ3v) is 2.47. The fourth-order valence-corrected chi connectivity index (χ4v) is 1.58. The summed E-state index contributed by atoms with van der Waals surface area (Å²) >= 11 is 0. The maximum Gasteiger partial charge on any atom is 0.129 e. The molecule has 4 heteroatoms. The summed E-state index contributed by atoms with van der Waals surface area (Å²) < 4.78 is 1.66. The van der Waals surface area contributed by atoms with Crippen molar-refractivity contribution in [3.05, 3.63) is 41.7 Å². The number of hydrogen-bond donors (Lipinski definition) is 0. The Labute approximate surface area is 94.6 Å². The zero-order chi connectivity index (χ0) is 11.5. The Kier molecular flexibility index (Phi) is 2.81. The Morgan fingerprint density at radius 2 is 1.94 bits per heavy atom. The molecule has 0 aliphatic rings. The van der Waals surface area contributed by atoms with Crippen molar-refractivity contribution < 1.29 is 0 Å². The fraction of sp³-hybridized carbons (Fsp3) is 0.250. The van der Waals surface area contributed by atoms with Crippen LogP contribution in [0.2, 0.25) is 0 Å². The number of hydrogen-bond acceptors (Lipinski definition) is 3. The van der Waals surface area contributed by atoms with Crippen molar-refractivity contribution in [2.75, 3.05) is 0 Å². The normalized spacial score (nSPS) is 11.8. The van der Waals surface area contributed by atoms with E-state index in [1.807, 2.05) is 13.0 Å². The smallest absolute Gasteiger partial charge is 0.129 e. The highest BCUT2D eigenvalue weighted by Crippen LogP contribution is 2.23. The van der Waals surface area contributed by atoms with Gasteiger partial charge in [-0.25, -0.2) is 9.67 Å². The Hall–Kier alpha value is -1.97. The standard InChI is InChI=1S/C12H14N4/c1-9-5-4-6-10(2)12(9)14-11(3)16-8-7-13-15-16/h4-8H,1-3H3. The zero-order valence-electron chi connectivity index (χ0n) is 9.68. The van der Waals surface area contributed by atoms with Gasteiger partial charge in [-0.05, 0) is 31.9 Å². The number of aryl methyl sites for hydroxylation is 2. The third kappa shape index (κ3) is 2.00. The van der Waals surface area contributed by atoms with E-state index in [2.05, 4.69) is 41.3 Å². The largest absolute Gasteiger partial charge is 0.233 e. The first-order valence-electron chi connectivity index (χ1n) is 5.16. The van der Waals surface area contributed by atoms with E-state index in [1.54, 1.807) is 17.1 Å². The summed E-state index contributed by atoms with van der Waals surface area (Å²) in [6, 6.07) is 6.15. The first-order chi connectivity index (χ1) is 7.68. The molecular formula is C12H14N4. The second-order valence-corrected chi connectivity index (χ2v) is 3.75. The van der Waals surface area contributed by atoms with E-state index in [-0.39, 0.29) is 0 Å². The molecule has 1 aromatic heterocycles. The molecule has 0 aliphatic heterocycles. The van der Waals surface area contributed by atoms with Gasteiger partial charge in [-0.1, -0.05) is 23.4 Å². The Morgan fingerprint density at radius 3 is 2.50 bits per heavy atom. The lowest BCUT2D eigenvalue weighted by Gasteiger charge is -2.05. The van der Waals surface area contributed by atoms with Crippen LogP contribution in [0.4, 0.5) is 5.69 Å². The molecule has 0 N–H and O–H groups in total. The summed E-state index contributed by atoms with van der Waals surface area (Å²) in [5.74, 6) is 0.815. The van der Waals surface area contributed by atoms with Crippen LogP contribution in [0.5, 0.6) is 0 Å². The van der Waals surface area contributed by atoms with Crippen LogP contribution >= 0.6 is 0 Å². The van der Waals surface area contributed by atoms with Crippen molar-refractivity contribution in [2.24, 2.45) is 4.99 Å². The molecule has 0 radical (unpaired) electrons. The van der Waals surface area contributed by atoms with Gasteiger partial charge in [0.2, 0.25) is 0 Å². The van der Waals surface area contributed by atoms with E-state index in [4.69, 9.17) is 0 Å². The summed E-state index contributed by atoms with van der Waals surface area (Å²) in [5, 5.41) is 7.67. The van der Waals surface area contributed by atoms with Crippen LogP contribution in [0.15, 0.2) is 35.6 Å². The fourth-order valence-electron chi connectivity index (χ4n) is 1.58. The summed E-state index contributed by atoms with van der Waals surface area (Å²) in [6.45, 7) is 6.03. The van der Waals surface area contributed by atoms with E-state index < -0.39 is 0 Å². The minimum absolute atomic E-state index is 0.815. The number of aromatic nitrogens is 3. The van der Waals surface area contributed by atoms with Crippen LogP contribution in [0, 0.1) is 13.8 Å². The van der Waals surface area contributed by atoms with Crippen LogP contribution in [-0.2, 0) is 0 Å². The van der Waals surface area contributed by atoms with Crippen molar-refractivity contribution >= 4 is 11.5 Å². The van der Waals surface area contributed by atoms with Crippen LogP contribution in [-0.4, -0.2) is 20.8 Å². The minimum Gasteiger partial charge on any atom is -0.233 e. The predicted octanol–water partition coefficient (Wildman–Crippen LogP) is 2.49. The van der Waals surface area contributed by atoms with E-state index in [1.165, 1.54) is 11.1 Å². The van der Waals surface area contributed by atoms with Crippen LogP contribution in [0.3, 0.4) is 0 Å². The Balaban J connectivity index is 2.43.